The fourth-order valence-corrected chi connectivity index (χ4v) is 0. The Kier molecular flexibility index (Phi) is 9.42. The summed E-state index contributed by atoms with van der Waals surface area (Å²) >= 11 is 8.80. The smallest absolute Gasteiger partial charge is 0.262 e. The standard InChI is InChI=1S/CCl2O.Mg/c2-1(3)4;. The highest BCUT2D eigenvalue weighted by molar-refractivity contribution is 6.93. The average molecular weight is 123 g/mol. The molecule has 0 rings (SSSR count). The number of halogens is 2. The molecule has 0 saturated carbocycles. The van der Waals surface area contributed by atoms with Crippen LogP contribution in [-0.2, 0) is 0 Å². The molecule has 0 bridgehead atoms. The van der Waals surface area contributed by atoms with Crippen molar-refractivity contribution in [2.75, 3.05) is 0 Å². The van der Waals surface area contributed by atoms with Crippen molar-refractivity contribution >= 4 is 51.0 Å². The Balaban J connectivity index is 0. The van der Waals surface area contributed by atoms with Crippen LogP contribution >= 0.6 is 23.2 Å². The number of carbonyl (C=O) groups excluding carboxylic acids is 1. The lowest BCUT2D eigenvalue weighted by Gasteiger charge is -1.48. The molecule has 2 radical (unpaired) electrons. The molecule has 0 aliphatic rings. The molecule has 0 amide bonds. The second-order valence-electron chi connectivity index (χ2n) is 0.226. The first-order valence-electron chi connectivity index (χ1n) is 0.582. The highest BCUT2D eigenvalue weighted by atomic mass is 35.5. The molecule has 1 nitrogen and oxygen atoms in total. The van der Waals surface area contributed by atoms with Gasteiger partial charge in [0, 0.05) is 23.1 Å². The molecule has 5 heavy (non-hydrogen) atoms. The minimum atomic E-state index is -0.889. The topological polar surface area (TPSA) is 17.1 Å². The molecule has 0 N–H and O–H groups in total. The normalized spacial score (nSPS) is 5.20. The fourth-order valence-electron chi connectivity index (χ4n) is 0. The maximum absolute atomic E-state index is 8.98. The molecule has 0 aromatic heterocycles. The van der Waals surface area contributed by atoms with E-state index in [4.69, 9.17) is 4.79 Å². The van der Waals surface area contributed by atoms with Crippen LogP contribution in [0.4, 0.5) is 4.79 Å². The van der Waals surface area contributed by atoms with E-state index in [1.54, 1.807) is 0 Å². The first kappa shape index (κ1) is 9.39. The summed E-state index contributed by atoms with van der Waals surface area (Å²) in [6.45, 7) is 0. The van der Waals surface area contributed by atoms with Crippen LogP contribution in [0.25, 0.3) is 0 Å². The van der Waals surface area contributed by atoms with Gasteiger partial charge in [-0.15, -0.1) is 0 Å². The Labute approximate surface area is 55.8 Å². The van der Waals surface area contributed by atoms with Crippen molar-refractivity contribution in [2.24, 2.45) is 0 Å². The van der Waals surface area contributed by atoms with E-state index in [2.05, 4.69) is 23.2 Å². The summed E-state index contributed by atoms with van der Waals surface area (Å²) in [5.74, 6) is 0. The van der Waals surface area contributed by atoms with Crippen LogP contribution in [-0.4, -0.2) is 27.8 Å². The molecule has 0 fully saturated rings. The van der Waals surface area contributed by atoms with E-state index in [-0.39, 0.29) is 23.1 Å². The van der Waals surface area contributed by atoms with Gasteiger partial charge in [-0.2, -0.15) is 0 Å². The van der Waals surface area contributed by atoms with Crippen LogP contribution in [0.1, 0.15) is 0 Å². The van der Waals surface area contributed by atoms with E-state index >= 15 is 0 Å². The van der Waals surface area contributed by atoms with E-state index in [1.807, 2.05) is 0 Å². The predicted molar refractivity (Wildman–Crippen MR) is 22.9 cm³/mol. The van der Waals surface area contributed by atoms with Gasteiger partial charge in [0.05, 0.1) is 0 Å². The molecule has 0 atom stereocenters. The highest BCUT2D eigenvalue weighted by Gasteiger charge is 1.72. The molecule has 0 unspecified atom stereocenters. The zero-order valence-corrected chi connectivity index (χ0v) is 5.30. The first-order valence-corrected chi connectivity index (χ1v) is 1.34. The molecular formula is CCl2MgO. The van der Waals surface area contributed by atoms with Gasteiger partial charge in [-0.05, 0) is 23.2 Å². The zero-order chi connectivity index (χ0) is 3.58. The van der Waals surface area contributed by atoms with Crippen LogP contribution < -0.4 is 0 Å². The second kappa shape index (κ2) is 5.02. The molecule has 26 valence electrons. The second-order valence-corrected chi connectivity index (χ2v) is 1.11. The van der Waals surface area contributed by atoms with Crippen molar-refractivity contribution in [1.82, 2.24) is 0 Å². The third kappa shape index (κ3) is 44.2. The lowest BCUT2D eigenvalue weighted by molar-refractivity contribution is 0.275. The number of hydrogen-bond acceptors (Lipinski definition) is 1. The van der Waals surface area contributed by atoms with Gasteiger partial charge >= 0.3 is 4.70 Å². The minimum absolute atomic E-state index is 0. The lowest BCUT2D eigenvalue weighted by Crippen LogP contribution is -1.46. The zero-order valence-electron chi connectivity index (χ0n) is 2.37. The van der Waals surface area contributed by atoms with Crippen molar-refractivity contribution in [3.8, 4) is 0 Å². The largest absolute Gasteiger partial charge is 0.313 e. The highest BCUT2D eigenvalue weighted by Crippen LogP contribution is 1.84. The van der Waals surface area contributed by atoms with E-state index in [1.165, 1.54) is 0 Å². The lowest BCUT2D eigenvalue weighted by atomic mass is 11.8. The van der Waals surface area contributed by atoms with Crippen molar-refractivity contribution in [1.29, 1.82) is 0 Å². The van der Waals surface area contributed by atoms with Gasteiger partial charge in [-0.25, -0.2) is 0 Å². The maximum atomic E-state index is 8.98. The Morgan fingerprint density at radius 1 is 1.40 bits per heavy atom. The molecule has 0 aromatic rings. The summed E-state index contributed by atoms with van der Waals surface area (Å²) < 4.78 is -0.889. The Morgan fingerprint density at radius 2 is 1.40 bits per heavy atom. The molecule has 4 heteroatoms. The first-order chi connectivity index (χ1) is 1.73. The van der Waals surface area contributed by atoms with E-state index in [0.29, 0.717) is 0 Å². The van der Waals surface area contributed by atoms with E-state index < -0.39 is 4.70 Å². The van der Waals surface area contributed by atoms with Crippen LogP contribution in [0.2, 0.25) is 0 Å². The van der Waals surface area contributed by atoms with Gasteiger partial charge in [0.15, 0.2) is 0 Å². The number of hydrogen-bond donors (Lipinski definition) is 0. The molecular weight excluding hydrogens is 123 g/mol. The van der Waals surface area contributed by atoms with Gasteiger partial charge < -0.3 is 0 Å². The molecule has 0 aromatic carbocycles. The van der Waals surface area contributed by atoms with Gasteiger partial charge in [0.25, 0.3) is 0 Å². The quantitative estimate of drug-likeness (QED) is 0.349. The van der Waals surface area contributed by atoms with Crippen molar-refractivity contribution in [3.05, 3.63) is 0 Å². The third-order valence-corrected chi connectivity index (χ3v) is 0. The molecule has 0 aliphatic carbocycles. The summed E-state index contributed by atoms with van der Waals surface area (Å²) in [7, 11) is 0. The maximum Gasteiger partial charge on any atom is 0.313 e. The number of rotatable bonds is 0. The van der Waals surface area contributed by atoms with Crippen LogP contribution in [0.15, 0.2) is 0 Å². The van der Waals surface area contributed by atoms with Gasteiger partial charge in [0.1, 0.15) is 0 Å². The SMILES string of the molecule is O=C(Cl)Cl.[Mg]. The van der Waals surface area contributed by atoms with Crippen LogP contribution in [0.3, 0.4) is 0 Å². The van der Waals surface area contributed by atoms with Crippen molar-refractivity contribution in [3.63, 3.8) is 0 Å². The monoisotopic (exact) mass is 122 g/mol. The summed E-state index contributed by atoms with van der Waals surface area (Å²) in [4.78, 5) is 8.98. The summed E-state index contributed by atoms with van der Waals surface area (Å²) in [6, 6.07) is 0. The fraction of sp³-hybridized carbons (Fsp3) is 0. The molecule has 0 heterocycles. The third-order valence-electron chi connectivity index (χ3n) is 0. The Bertz CT molecular complexity index is 32.6. The Morgan fingerprint density at radius 3 is 1.40 bits per heavy atom. The summed E-state index contributed by atoms with van der Waals surface area (Å²) in [6.07, 6.45) is 0. The van der Waals surface area contributed by atoms with Crippen LogP contribution in [0, 0.1) is 0 Å². The van der Waals surface area contributed by atoms with Crippen molar-refractivity contribution < 1.29 is 4.79 Å². The molecule has 0 saturated heterocycles. The molecule has 0 spiro atoms. The van der Waals surface area contributed by atoms with Crippen molar-refractivity contribution in [2.45, 2.75) is 0 Å². The predicted octanol–water partition coefficient (Wildman–Crippen LogP) is 1.20. The summed E-state index contributed by atoms with van der Waals surface area (Å²) in [5, 5.41) is 0. The van der Waals surface area contributed by atoms with Crippen LogP contribution in [0.5, 0.6) is 0 Å². The summed E-state index contributed by atoms with van der Waals surface area (Å²) in [5.41, 5.74) is 0. The molecule has 0 aliphatic heterocycles. The van der Waals surface area contributed by atoms with E-state index in [9.17, 15) is 0 Å². The van der Waals surface area contributed by atoms with Gasteiger partial charge in [0.2, 0.25) is 0 Å². The number of carbonyl (C=O) groups is 1. The van der Waals surface area contributed by atoms with Gasteiger partial charge in [-0.3, -0.25) is 4.79 Å². The Hall–Kier alpha value is 1.02. The van der Waals surface area contributed by atoms with Gasteiger partial charge in [-0.1, -0.05) is 0 Å². The minimum Gasteiger partial charge on any atom is -0.262 e. The average Bonchev–Trinajstić information content (AvgIpc) is 0.811. The van der Waals surface area contributed by atoms with E-state index in [0.717, 1.165) is 0 Å².